The fourth-order valence-corrected chi connectivity index (χ4v) is 1.91. The standard InChI is InChI=1S/C15H18N2O/c1-13(18)11-17(15-8-3-2-4-9-15)12-14-7-5-6-10-16-14/h2-10,13,18H,11-12H2,1H3/t13-/m1/s1. The van der Waals surface area contributed by atoms with E-state index in [1.165, 1.54) is 0 Å². The average molecular weight is 242 g/mol. The number of aliphatic hydroxyl groups excluding tert-OH is 1. The summed E-state index contributed by atoms with van der Waals surface area (Å²) in [5.74, 6) is 0. The predicted molar refractivity (Wildman–Crippen MR) is 73.4 cm³/mol. The third-order valence-corrected chi connectivity index (χ3v) is 2.68. The summed E-state index contributed by atoms with van der Waals surface area (Å²) in [6, 6.07) is 16.0. The minimum Gasteiger partial charge on any atom is -0.392 e. The van der Waals surface area contributed by atoms with Crippen molar-refractivity contribution in [1.82, 2.24) is 4.98 Å². The molecule has 0 aliphatic carbocycles. The highest BCUT2D eigenvalue weighted by molar-refractivity contribution is 5.46. The summed E-state index contributed by atoms with van der Waals surface area (Å²) >= 11 is 0. The van der Waals surface area contributed by atoms with Crippen molar-refractivity contribution in [2.45, 2.75) is 19.6 Å². The number of aromatic nitrogens is 1. The minimum absolute atomic E-state index is 0.367. The van der Waals surface area contributed by atoms with E-state index in [-0.39, 0.29) is 6.10 Å². The van der Waals surface area contributed by atoms with Gasteiger partial charge in [0.2, 0.25) is 0 Å². The molecule has 0 saturated heterocycles. The molecule has 18 heavy (non-hydrogen) atoms. The zero-order valence-electron chi connectivity index (χ0n) is 10.5. The highest BCUT2D eigenvalue weighted by atomic mass is 16.3. The fourth-order valence-electron chi connectivity index (χ4n) is 1.91. The van der Waals surface area contributed by atoms with Crippen LogP contribution in [0.2, 0.25) is 0 Å². The number of nitrogens with zero attached hydrogens (tertiary/aromatic N) is 2. The number of anilines is 1. The molecule has 0 aliphatic heterocycles. The van der Waals surface area contributed by atoms with Crippen LogP contribution in [-0.4, -0.2) is 22.7 Å². The number of para-hydroxylation sites is 1. The third kappa shape index (κ3) is 3.57. The molecule has 1 aromatic carbocycles. The Bertz CT molecular complexity index is 456. The highest BCUT2D eigenvalue weighted by Gasteiger charge is 2.10. The molecule has 0 aliphatic rings. The summed E-state index contributed by atoms with van der Waals surface area (Å²) < 4.78 is 0. The summed E-state index contributed by atoms with van der Waals surface area (Å²) in [6.07, 6.45) is 1.43. The number of hydrogen-bond donors (Lipinski definition) is 1. The predicted octanol–water partition coefficient (Wildman–Crippen LogP) is 2.47. The maximum Gasteiger partial charge on any atom is 0.0687 e. The van der Waals surface area contributed by atoms with Crippen molar-refractivity contribution in [3.05, 3.63) is 60.4 Å². The lowest BCUT2D eigenvalue weighted by Crippen LogP contribution is -2.30. The SMILES string of the molecule is C[C@@H](O)CN(Cc1ccccn1)c1ccccc1. The Labute approximate surface area is 108 Å². The van der Waals surface area contributed by atoms with Crippen LogP contribution in [0, 0.1) is 0 Å². The molecule has 1 N–H and O–H groups in total. The van der Waals surface area contributed by atoms with Crippen molar-refractivity contribution >= 4 is 5.69 Å². The van der Waals surface area contributed by atoms with Gasteiger partial charge in [0.1, 0.15) is 0 Å². The third-order valence-electron chi connectivity index (χ3n) is 2.68. The monoisotopic (exact) mass is 242 g/mol. The molecule has 0 bridgehead atoms. The van der Waals surface area contributed by atoms with E-state index in [0.29, 0.717) is 13.1 Å². The first kappa shape index (κ1) is 12.6. The van der Waals surface area contributed by atoms with Crippen LogP contribution in [0.5, 0.6) is 0 Å². The normalized spacial score (nSPS) is 12.1. The van der Waals surface area contributed by atoms with Crippen molar-refractivity contribution < 1.29 is 5.11 Å². The van der Waals surface area contributed by atoms with Gasteiger partial charge in [0.05, 0.1) is 18.3 Å². The molecule has 94 valence electrons. The van der Waals surface area contributed by atoms with Gasteiger partial charge in [0, 0.05) is 18.4 Å². The van der Waals surface area contributed by atoms with Gasteiger partial charge in [0.15, 0.2) is 0 Å². The maximum absolute atomic E-state index is 9.60. The Hall–Kier alpha value is -1.87. The van der Waals surface area contributed by atoms with Crippen molar-refractivity contribution in [2.75, 3.05) is 11.4 Å². The minimum atomic E-state index is -0.367. The molecular weight excluding hydrogens is 224 g/mol. The quantitative estimate of drug-likeness (QED) is 0.875. The molecule has 3 nitrogen and oxygen atoms in total. The Morgan fingerprint density at radius 1 is 1.11 bits per heavy atom. The molecule has 0 fully saturated rings. The van der Waals surface area contributed by atoms with Crippen LogP contribution in [0.25, 0.3) is 0 Å². The van der Waals surface area contributed by atoms with Gasteiger partial charge in [0.25, 0.3) is 0 Å². The van der Waals surface area contributed by atoms with E-state index in [0.717, 1.165) is 11.4 Å². The molecule has 0 unspecified atom stereocenters. The zero-order valence-corrected chi connectivity index (χ0v) is 10.5. The molecule has 0 spiro atoms. The number of pyridine rings is 1. The van der Waals surface area contributed by atoms with E-state index in [2.05, 4.69) is 9.88 Å². The van der Waals surface area contributed by atoms with E-state index >= 15 is 0 Å². The van der Waals surface area contributed by atoms with Crippen LogP contribution in [-0.2, 0) is 6.54 Å². The summed E-state index contributed by atoms with van der Waals surface area (Å²) in [6.45, 7) is 3.10. The van der Waals surface area contributed by atoms with Crippen molar-refractivity contribution in [2.24, 2.45) is 0 Å². The lowest BCUT2D eigenvalue weighted by Gasteiger charge is -2.25. The van der Waals surface area contributed by atoms with Gasteiger partial charge < -0.3 is 10.0 Å². The number of benzene rings is 1. The summed E-state index contributed by atoms with van der Waals surface area (Å²) in [5, 5.41) is 9.60. The second-order valence-corrected chi connectivity index (χ2v) is 4.39. The molecule has 1 atom stereocenters. The van der Waals surface area contributed by atoms with Crippen LogP contribution in [0.4, 0.5) is 5.69 Å². The molecular formula is C15H18N2O. The summed E-state index contributed by atoms with van der Waals surface area (Å²) in [4.78, 5) is 6.46. The van der Waals surface area contributed by atoms with E-state index in [1.807, 2.05) is 48.5 Å². The largest absolute Gasteiger partial charge is 0.392 e. The van der Waals surface area contributed by atoms with E-state index in [4.69, 9.17) is 0 Å². The van der Waals surface area contributed by atoms with E-state index in [1.54, 1.807) is 13.1 Å². The van der Waals surface area contributed by atoms with Crippen molar-refractivity contribution in [3.63, 3.8) is 0 Å². The molecule has 0 radical (unpaired) electrons. The summed E-state index contributed by atoms with van der Waals surface area (Å²) in [7, 11) is 0. The van der Waals surface area contributed by atoms with Gasteiger partial charge >= 0.3 is 0 Å². The van der Waals surface area contributed by atoms with Crippen LogP contribution in [0.1, 0.15) is 12.6 Å². The molecule has 0 saturated carbocycles. The first-order valence-electron chi connectivity index (χ1n) is 6.13. The Balaban J connectivity index is 2.16. The molecule has 2 aromatic rings. The van der Waals surface area contributed by atoms with Gasteiger partial charge in [-0.1, -0.05) is 24.3 Å². The Kier molecular flexibility index (Phi) is 4.31. The van der Waals surface area contributed by atoms with Crippen LogP contribution >= 0.6 is 0 Å². The zero-order chi connectivity index (χ0) is 12.8. The fraction of sp³-hybridized carbons (Fsp3) is 0.267. The van der Waals surface area contributed by atoms with Gasteiger partial charge in [-0.05, 0) is 31.2 Å². The average Bonchev–Trinajstić information content (AvgIpc) is 2.40. The molecule has 1 heterocycles. The van der Waals surface area contributed by atoms with Gasteiger partial charge in [-0.25, -0.2) is 0 Å². The molecule has 2 rings (SSSR count). The molecule has 1 aromatic heterocycles. The van der Waals surface area contributed by atoms with Crippen molar-refractivity contribution in [1.29, 1.82) is 0 Å². The van der Waals surface area contributed by atoms with Gasteiger partial charge in [-0.3, -0.25) is 4.98 Å². The first-order valence-corrected chi connectivity index (χ1v) is 6.13. The Morgan fingerprint density at radius 2 is 1.83 bits per heavy atom. The van der Waals surface area contributed by atoms with E-state index < -0.39 is 0 Å². The summed E-state index contributed by atoms with van der Waals surface area (Å²) in [5.41, 5.74) is 2.10. The first-order chi connectivity index (χ1) is 8.75. The topological polar surface area (TPSA) is 36.4 Å². The van der Waals surface area contributed by atoms with Crippen LogP contribution in [0.15, 0.2) is 54.7 Å². The number of hydrogen-bond acceptors (Lipinski definition) is 3. The van der Waals surface area contributed by atoms with Crippen molar-refractivity contribution in [3.8, 4) is 0 Å². The van der Waals surface area contributed by atoms with E-state index in [9.17, 15) is 5.11 Å². The second kappa shape index (κ2) is 6.17. The van der Waals surface area contributed by atoms with Gasteiger partial charge in [-0.2, -0.15) is 0 Å². The molecule has 0 amide bonds. The highest BCUT2D eigenvalue weighted by Crippen LogP contribution is 2.16. The number of aliphatic hydroxyl groups is 1. The van der Waals surface area contributed by atoms with Crippen LogP contribution in [0.3, 0.4) is 0 Å². The maximum atomic E-state index is 9.60. The lowest BCUT2D eigenvalue weighted by atomic mass is 10.2. The van der Waals surface area contributed by atoms with Gasteiger partial charge in [-0.15, -0.1) is 0 Å². The Morgan fingerprint density at radius 3 is 2.44 bits per heavy atom. The number of rotatable bonds is 5. The van der Waals surface area contributed by atoms with Crippen LogP contribution < -0.4 is 4.90 Å². The molecule has 3 heteroatoms. The smallest absolute Gasteiger partial charge is 0.0687 e. The second-order valence-electron chi connectivity index (χ2n) is 4.39. The lowest BCUT2D eigenvalue weighted by molar-refractivity contribution is 0.199.